The molecule has 1 aliphatic heterocycles. The molecule has 1 aromatic heterocycles. The number of aromatic nitrogens is 2. The van der Waals surface area contributed by atoms with Crippen molar-refractivity contribution in [2.75, 3.05) is 33.2 Å². The number of amides is 1. The summed E-state index contributed by atoms with van der Waals surface area (Å²) in [6.45, 7) is 7.84. The van der Waals surface area contributed by atoms with E-state index in [1.807, 2.05) is 20.9 Å². The maximum atomic E-state index is 12.3. The number of rotatable bonds is 7. The zero-order valence-electron chi connectivity index (χ0n) is 15.5. The number of carbonyl (C=O) groups is 1. The maximum absolute atomic E-state index is 12.3. The molecule has 2 rings (SSSR count). The molecular formula is C18H32N4O2. The van der Waals surface area contributed by atoms with Crippen molar-refractivity contribution in [1.29, 1.82) is 0 Å². The zero-order chi connectivity index (χ0) is 17.4. The van der Waals surface area contributed by atoms with Gasteiger partial charge in [0.25, 0.3) is 0 Å². The smallest absolute Gasteiger partial charge is 0.229 e. The van der Waals surface area contributed by atoms with E-state index in [9.17, 15) is 4.79 Å². The fourth-order valence-corrected chi connectivity index (χ4v) is 2.98. The lowest BCUT2D eigenvalue weighted by molar-refractivity contribution is -0.130. The molecule has 0 aliphatic carbocycles. The Balaban J connectivity index is 1.69. The van der Waals surface area contributed by atoms with Crippen LogP contribution in [0.2, 0.25) is 0 Å². The van der Waals surface area contributed by atoms with Gasteiger partial charge in [-0.05, 0) is 25.9 Å². The molecule has 0 bridgehead atoms. The van der Waals surface area contributed by atoms with Crippen molar-refractivity contribution in [3.05, 3.63) is 11.7 Å². The molecule has 0 N–H and O–H groups in total. The first-order valence-corrected chi connectivity index (χ1v) is 9.35. The molecule has 0 aromatic carbocycles. The van der Waals surface area contributed by atoms with Gasteiger partial charge in [0.2, 0.25) is 11.8 Å². The summed E-state index contributed by atoms with van der Waals surface area (Å²) in [4.78, 5) is 20.9. The molecule has 0 radical (unpaired) electrons. The summed E-state index contributed by atoms with van der Waals surface area (Å²) >= 11 is 0. The van der Waals surface area contributed by atoms with Crippen molar-refractivity contribution in [2.24, 2.45) is 0 Å². The maximum Gasteiger partial charge on any atom is 0.229 e. The summed E-state index contributed by atoms with van der Waals surface area (Å²) in [6, 6.07) is 0. The Morgan fingerprint density at radius 2 is 1.88 bits per heavy atom. The molecule has 24 heavy (non-hydrogen) atoms. The van der Waals surface area contributed by atoms with Gasteiger partial charge < -0.3 is 14.3 Å². The number of likely N-dealkylation sites (tertiary alicyclic amines) is 1. The van der Waals surface area contributed by atoms with Crippen LogP contribution in [0.1, 0.15) is 70.0 Å². The number of nitrogens with zero attached hydrogens (tertiary/aromatic N) is 4. The van der Waals surface area contributed by atoms with E-state index in [-0.39, 0.29) is 11.8 Å². The van der Waals surface area contributed by atoms with Gasteiger partial charge in [-0.2, -0.15) is 4.98 Å². The topological polar surface area (TPSA) is 62.5 Å². The quantitative estimate of drug-likeness (QED) is 0.766. The van der Waals surface area contributed by atoms with E-state index in [0.717, 1.165) is 19.6 Å². The highest BCUT2D eigenvalue weighted by Crippen LogP contribution is 2.12. The predicted molar refractivity (Wildman–Crippen MR) is 93.9 cm³/mol. The summed E-state index contributed by atoms with van der Waals surface area (Å²) in [5.74, 6) is 1.78. The van der Waals surface area contributed by atoms with Gasteiger partial charge in [-0.15, -0.1) is 0 Å². The summed E-state index contributed by atoms with van der Waals surface area (Å²) in [5, 5.41) is 3.98. The van der Waals surface area contributed by atoms with Crippen molar-refractivity contribution >= 4 is 5.91 Å². The van der Waals surface area contributed by atoms with E-state index in [1.165, 1.54) is 32.1 Å². The molecule has 6 heteroatoms. The first-order chi connectivity index (χ1) is 11.6. The SMILES string of the molecule is CC(C)c1nc(CCN(C)C(=O)CCN2CCCCCCC2)no1. The van der Waals surface area contributed by atoms with Gasteiger partial charge in [0.1, 0.15) is 0 Å². The monoisotopic (exact) mass is 336 g/mol. The van der Waals surface area contributed by atoms with Crippen LogP contribution in [0.3, 0.4) is 0 Å². The molecule has 1 aliphatic rings. The van der Waals surface area contributed by atoms with Crippen molar-refractivity contribution in [2.45, 2.75) is 64.7 Å². The first-order valence-electron chi connectivity index (χ1n) is 9.35. The number of likely N-dealkylation sites (N-methyl/N-ethyl adjacent to an activating group) is 1. The van der Waals surface area contributed by atoms with Gasteiger partial charge in [0.15, 0.2) is 5.82 Å². The Hall–Kier alpha value is -1.43. The molecule has 0 unspecified atom stereocenters. The first kappa shape index (κ1) is 18.9. The van der Waals surface area contributed by atoms with Gasteiger partial charge in [-0.1, -0.05) is 38.3 Å². The van der Waals surface area contributed by atoms with E-state index in [0.29, 0.717) is 31.1 Å². The van der Waals surface area contributed by atoms with Crippen LogP contribution < -0.4 is 0 Å². The molecule has 0 saturated carbocycles. The van der Waals surface area contributed by atoms with Crippen LogP contribution in [0, 0.1) is 0 Å². The highest BCUT2D eigenvalue weighted by Gasteiger charge is 2.15. The van der Waals surface area contributed by atoms with Crippen LogP contribution in [0.5, 0.6) is 0 Å². The van der Waals surface area contributed by atoms with E-state index in [1.54, 1.807) is 4.90 Å². The standard InChI is InChI=1S/C18H32N4O2/c1-15(2)18-19-16(20-24-18)9-13-21(3)17(23)10-14-22-11-7-5-4-6-8-12-22/h15H,4-14H2,1-3H3. The fraction of sp³-hybridized carbons (Fsp3) is 0.833. The third-order valence-corrected chi connectivity index (χ3v) is 4.66. The Labute approximate surface area is 145 Å². The normalized spacial score (nSPS) is 16.8. The Kier molecular flexibility index (Phi) is 7.69. The summed E-state index contributed by atoms with van der Waals surface area (Å²) in [6.07, 6.45) is 7.78. The molecule has 1 fully saturated rings. The van der Waals surface area contributed by atoms with Crippen molar-refractivity contribution in [1.82, 2.24) is 19.9 Å². The average Bonchev–Trinajstić information content (AvgIpc) is 3.00. The number of carbonyl (C=O) groups excluding carboxylic acids is 1. The Bertz CT molecular complexity index is 493. The van der Waals surface area contributed by atoms with Crippen LogP contribution in [0.4, 0.5) is 0 Å². The van der Waals surface area contributed by atoms with Crippen molar-refractivity contribution in [3.63, 3.8) is 0 Å². The minimum Gasteiger partial charge on any atom is -0.345 e. The molecule has 136 valence electrons. The lowest BCUT2D eigenvalue weighted by Crippen LogP contribution is -2.34. The summed E-state index contributed by atoms with van der Waals surface area (Å²) in [5.41, 5.74) is 0. The lowest BCUT2D eigenvalue weighted by atomic mass is 10.1. The molecule has 1 amide bonds. The van der Waals surface area contributed by atoms with Crippen molar-refractivity contribution in [3.8, 4) is 0 Å². The van der Waals surface area contributed by atoms with Gasteiger partial charge in [0, 0.05) is 38.9 Å². The lowest BCUT2D eigenvalue weighted by Gasteiger charge is -2.25. The molecule has 1 aromatic rings. The zero-order valence-corrected chi connectivity index (χ0v) is 15.5. The van der Waals surface area contributed by atoms with Crippen LogP contribution >= 0.6 is 0 Å². The van der Waals surface area contributed by atoms with Crippen molar-refractivity contribution < 1.29 is 9.32 Å². The second kappa shape index (κ2) is 9.77. The molecule has 6 nitrogen and oxygen atoms in total. The predicted octanol–water partition coefficient (Wildman–Crippen LogP) is 2.85. The minimum atomic E-state index is 0.199. The van der Waals surface area contributed by atoms with E-state index < -0.39 is 0 Å². The van der Waals surface area contributed by atoms with E-state index in [4.69, 9.17) is 4.52 Å². The third kappa shape index (κ3) is 6.23. The van der Waals surface area contributed by atoms with Crippen LogP contribution in [-0.4, -0.2) is 59.1 Å². The van der Waals surface area contributed by atoms with Crippen LogP contribution in [0.15, 0.2) is 4.52 Å². The Morgan fingerprint density at radius 1 is 1.21 bits per heavy atom. The van der Waals surface area contributed by atoms with Gasteiger partial charge in [0.05, 0.1) is 0 Å². The third-order valence-electron chi connectivity index (χ3n) is 4.66. The second-order valence-corrected chi connectivity index (χ2v) is 7.13. The van der Waals surface area contributed by atoms with Crippen LogP contribution in [-0.2, 0) is 11.2 Å². The second-order valence-electron chi connectivity index (χ2n) is 7.13. The molecule has 2 heterocycles. The number of hydrogen-bond donors (Lipinski definition) is 0. The van der Waals surface area contributed by atoms with Gasteiger partial charge >= 0.3 is 0 Å². The summed E-state index contributed by atoms with van der Waals surface area (Å²) < 4.78 is 5.20. The van der Waals surface area contributed by atoms with Gasteiger partial charge in [-0.3, -0.25) is 4.79 Å². The molecule has 1 saturated heterocycles. The van der Waals surface area contributed by atoms with E-state index >= 15 is 0 Å². The fourth-order valence-electron chi connectivity index (χ4n) is 2.98. The largest absolute Gasteiger partial charge is 0.345 e. The highest BCUT2D eigenvalue weighted by molar-refractivity contribution is 5.76. The molecule has 0 spiro atoms. The molecule has 0 atom stereocenters. The van der Waals surface area contributed by atoms with E-state index in [2.05, 4.69) is 15.0 Å². The average molecular weight is 336 g/mol. The minimum absolute atomic E-state index is 0.199. The van der Waals surface area contributed by atoms with Gasteiger partial charge in [-0.25, -0.2) is 0 Å². The molecular weight excluding hydrogens is 304 g/mol. The summed E-state index contributed by atoms with van der Waals surface area (Å²) in [7, 11) is 1.86. The Morgan fingerprint density at radius 3 is 2.50 bits per heavy atom. The highest BCUT2D eigenvalue weighted by atomic mass is 16.5. The number of hydrogen-bond acceptors (Lipinski definition) is 5. The van der Waals surface area contributed by atoms with Crippen LogP contribution in [0.25, 0.3) is 0 Å².